The number of hydrogen-bond acceptors (Lipinski definition) is 2. The van der Waals surface area contributed by atoms with E-state index in [2.05, 4.69) is 5.32 Å². The smallest absolute Gasteiger partial charge is 0.250 e. The molecule has 1 heterocycles. The van der Waals surface area contributed by atoms with Gasteiger partial charge in [-0.15, -0.1) is 0 Å². The van der Waals surface area contributed by atoms with Crippen molar-refractivity contribution < 1.29 is 13.5 Å². The van der Waals surface area contributed by atoms with Crippen LogP contribution in [-0.2, 0) is 4.74 Å². The third-order valence-electron chi connectivity index (χ3n) is 1.76. The summed E-state index contributed by atoms with van der Waals surface area (Å²) < 4.78 is 28.3. The molecule has 66 valence electrons. The lowest BCUT2D eigenvalue weighted by Crippen LogP contribution is -2.27. The Morgan fingerprint density at radius 1 is 1.55 bits per heavy atom. The monoisotopic (exact) mass is 165 g/mol. The summed E-state index contributed by atoms with van der Waals surface area (Å²) >= 11 is 0. The molecule has 1 fully saturated rings. The minimum absolute atomic E-state index is 0.198. The SMILES string of the molecule is FC(F)CNCC1CCOC1. The van der Waals surface area contributed by atoms with Crippen LogP contribution in [0.4, 0.5) is 8.78 Å². The van der Waals surface area contributed by atoms with E-state index < -0.39 is 6.43 Å². The fourth-order valence-electron chi connectivity index (χ4n) is 1.14. The summed E-state index contributed by atoms with van der Waals surface area (Å²) in [4.78, 5) is 0. The molecule has 11 heavy (non-hydrogen) atoms. The molecule has 0 aromatic heterocycles. The molecule has 2 nitrogen and oxygen atoms in total. The molecule has 1 aliphatic heterocycles. The van der Waals surface area contributed by atoms with E-state index in [1.807, 2.05) is 0 Å². The van der Waals surface area contributed by atoms with Crippen molar-refractivity contribution >= 4 is 0 Å². The molecule has 1 aliphatic rings. The summed E-state index contributed by atoms with van der Waals surface area (Å²) in [6.45, 7) is 1.96. The molecule has 0 aliphatic carbocycles. The first-order valence-electron chi connectivity index (χ1n) is 3.85. The van der Waals surface area contributed by atoms with Crippen LogP contribution in [0.25, 0.3) is 0 Å². The van der Waals surface area contributed by atoms with Crippen molar-refractivity contribution in [3.05, 3.63) is 0 Å². The summed E-state index contributed by atoms with van der Waals surface area (Å²) in [7, 11) is 0. The Hall–Kier alpha value is -0.220. The molecular formula is C7H13F2NO. The van der Waals surface area contributed by atoms with Crippen LogP contribution < -0.4 is 5.32 Å². The lowest BCUT2D eigenvalue weighted by atomic mass is 10.1. The van der Waals surface area contributed by atoms with E-state index >= 15 is 0 Å². The van der Waals surface area contributed by atoms with Crippen LogP contribution in [0.1, 0.15) is 6.42 Å². The van der Waals surface area contributed by atoms with Gasteiger partial charge in [0.25, 0.3) is 6.43 Å². The van der Waals surface area contributed by atoms with Crippen molar-refractivity contribution in [3.63, 3.8) is 0 Å². The van der Waals surface area contributed by atoms with Crippen LogP contribution in [-0.4, -0.2) is 32.7 Å². The number of rotatable bonds is 4. The van der Waals surface area contributed by atoms with Gasteiger partial charge in [0.1, 0.15) is 0 Å². The second kappa shape index (κ2) is 4.62. The van der Waals surface area contributed by atoms with Gasteiger partial charge >= 0.3 is 0 Å². The van der Waals surface area contributed by atoms with Gasteiger partial charge in [0.2, 0.25) is 0 Å². The largest absolute Gasteiger partial charge is 0.381 e. The molecular weight excluding hydrogens is 152 g/mol. The second-order valence-electron chi connectivity index (χ2n) is 2.78. The highest BCUT2D eigenvalue weighted by Gasteiger charge is 2.15. The highest BCUT2D eigenvalue weighted by atomic mass is 19.3. The standard InChI is InChI=1S/C7H13F2NO/c8-7(9)4-10-3-6-1-2-11-5-6/h6-7,10H,1-5H2. The summed E-state index contributed by atoms with van der Waals surface area (Å²) in [6, 6.07) is 0. The summed E-state index contributed by atoms with van der Waals surface area (Å²) in [5, 5.41) is 2.70. The molecule has 1 saturated heterocycles. The van der Waals surface area contributed by atoms with Gasteiger partial charge in [-0.1, -0.05) is 0 Å². The normalized spacial score (nSPS) is 24.8. The zero-order valence-electron chi connectivity index (χ0n) is 6.35. The quantitative estimate of drug-likeness (QED) is 0.667. The van der Waals surface area contributed by atoms with Crippen molar-refractivity contribution in [1.29, 1.82) is 0 Å². The number of nitrogens with one attached hydrogen (secondary N) is 1. The van der Waals surface area contributed by atoms with Crippen LogP contribution in [0.15, 0.2) is 0 Å². The second-order valence-corrected chi connectivity index (χ2v) is 2.78. The highest BCUT2D eigenvalue weighted by Crippen LogP contribution is 2.10. The van der Waals surface area contributed by atoms with Crippen LogP contribution in [0, 0.1) is 5.92 Å². The molecule has 0 spiro atoms. The van der Waals surface area contributed by atoms with Gasteiger partial charge in [-0.25, -0.2) is 8.78 Å². The number of hydrogen-bond donors (Lipinski definition) is 1. The Morgan fingerprint density at radius 2 is 2.36 bits per heavy atom. The topological polar surface area (TPSA) is 21.3 Å². The summed E-state index contributed by atoms with van der Waals surface area (Å²) in [5.74, 6) is 0.439. The average molecular weight is 165 g/mol. The third-order valence-corrected chi connectivity index (χ3v) is 1.76. The lowest BCUT2D eigenvalue weighted by Gasteiger charge is -2.07. The van der Waals surface area contributed by atoms with Crippen molar-refractivity contribution in [2.24, 2.45) is 5.92 Å². The zero-order valence-corrected chi connectivity index (χ0v) is 6.35. The Balaban J connectivity index is 1.94. The van der Waals surface area contributed by atoms with Crippen molar-refractivity contribution in [1.82, 2.24) is 5.32 Å². The number of ether oxygens (including phenoxy) is 1. The summed E-state index contributed by atoms with van der Waals surface area (Å²) in [6.07, 6.45) is -1.24. The van der Waals surface area contributed by atoms with Crippen molar-refractivity contribution in [2.45, 2.75) is 12.8 Å². The molecule has 1 unspecified atom stereocenters. The Morgan fingerprint density at radius 3 is 2.91 bits per heavy atom. The van der Waals surface area contributed by atoms with E-state index in [0.717, 1.165) is 19.6 Å². The van der Waals surface area contributed by atoms with Gasteiger partial charge in [0, 0.05) is 13.2 Å². The van der Waals surface area contributed by atoms with Gasteiger partial charge in [-0.3, -0.25) is 0 Å². The Kier molecular flexibility index (Phi) is 3.72. The maximum atomic E-state index is 11.6. The van der Waals surface area contributed by atoms with Crippen molar-refractivity contribution in [2.75, 3.05) is 26.3 Å². The molecule has 0 radical (unpaired) electrons. The van der Waals surface area contributed by atoms with Crippen molar-refractivity contribution in [3.8, 4) is 0 Å². The third kappa shape index (κ3) is 3.62. The van der Waals surface area contributed by atoms with Crippen LogP contribution in [0.2, 0.25) is 0 Å². The lowest BCUT2D eigenvalue weighted by molar-refractivity contribution is 0.142. The fourth-order valence-corrected chi connectivity index (χ4v) is 1.14. The summed E-state index contributed by atoms with van der Waals surface area (Å²) in [5.41, 5.74) is 0. The minimum Gasteiger partial charge on any atom is -0.381 e. The van der Waals surface area contributed by atoms with Crippen LogP contribution in [0.3, 0.4) is 0 Å². The predicted molar refractivity (Wildman–Crippen MR) is 37.8 cm³/mol. The molecule has 0 bridgehead atoms. The maximum Gasteiger partial charge on any atom is 0.250 e. The molecule has 1 rings (SSSR count). The first-order chi connectivity index (χ1) is 5.29. The molecule has 0 aromatic carbocycles. The first kappa shape index (κ1) is 8.87. The zero-order chi connectivity index (χ0) is 8.10. The van der Waals surface area contributed by atoms with E-state index in [4.69, 9.17) is 4.74 Å². The first-order valence-corrected chi connectivity index (χ1v) is 3.85. The van der Waals surface area contributed by atoms with E-state index in [-0.39, 0.29) is 6.54 Å². The molecule has 1 atom stereocenters. The molecule has 0 aromatic rings. The van der Waals surface area contributed by atoms with Gasteiger partial charge in [0.15, 0.2) is 0 Å². The van der Waals surface area contributed by atoms with E-state index in [0.29, 0.717) is 12.5 Å². The number of alkyl halides is 2. The average Bonchev–Trinajstić information content (AvgIpc) is 2.39. The van der Waals surface area contributed by atoms with E-state index in [9.17, 15) is 8.78 Å². The molecule has 1 N–H and O–H groups in total. The van der Waals surface area contributed by atoms with Gasteiger partial charge < -0.3 is 10.1 Å². The Bertz CT molecular complexity index is 105. The number of halogens is 2. The predicted octanol–water partition coefficient (Wildman–Crippen LogP) is 0.878. The highest BCUT2D eigenvalue weighted by molar-refractivity contribution is 4.66. The van der Waals surface area contributed by atoms with Gasteiger partial charge in [-0.2, -0.15) is 0 Å². The van der Waals surface area contributed by atoms with Gasteiger partial charge in [-0.05, 0) is 12.3 Å². The van der Waals surface area contributed by atoms with E-state index in [1.54, 1.807) is 0 Å². The van der Waals surface area contributed by atoms with Crippen LogP contribution >= 0.6 is 0 Å². The van der Waals surface area contributed by atoms with E-state index in [1.165, 1.54) is 0 Å². The van der Waals surface area contributed by atoms with Crippen LogP contribution in [0.5, 0.6) is 0 Å². The minimum atomic E-state index is -2.24. The van der Waals surface area contributed by atoms with Gasteiger partial charge in [0.05, 0.1) is 13.2 Å². The fraction of sp³-hybridized carbons (Fsp3) is 1.00. The molecule has 0 amide bonds. The Labute approximate surface area is 64.9 Å². The molecule has 0 saturated carbocycles. The maximum absolute atomic E-state index is 11.6. The molecule has 4 heteroatoms.